The lowest BCUT2D eigenvalue weighted by molar-refractivity contribution is -0.141. The van der Waals surface area contributed by atoms with E-state index in [0.29, 0.717) is 5.01 Å². The van der Waals surface area contributed by atoms with Crippen LogP contribution in [-0.4, -0.2) is 25.9 Å². The van der Waals surface area contributed by atoms with Crippen molar-refractivity contribution in [3.05, 3.63) is 21.4 Å². The zero-order valence-electron chi connectivity index (χ0n) is 11.7. The number of carbonyl (C=O) groups excluding carboxylic acids is 1. The Hall–Kier alpha value is -1.68. The summed E-state index contributed by atoms with van der Waals surface area (Å²) in [5.41, 5.74) is -1.15. The van der Waals surface area contributed by atoms with Crippen molar-refractivity contribution < 1.29 is 18.0 Å². The SMILES string of the molecule is Cc1nnc(NC(=O)C(C)n2nc(C(F)(F)F)c(Cl)c2C)s1. The van der Waals surface area contributed by atoms with Crippen molar-refractivity contribution in [3.63, 3.8) is 0 Å². The van der Waals surface area contributed by atoms with Crippen molar-refractivity contribution in [2.45, 2.75) is 33.0 Å². The van der Waals surface area contributed by atoms with Crippen LogP contribution in [0.5, 0.6) is 0 Å². The van der Waals surface area contributed by atoms with E-state index >= 15 is 0 Å². The minimum absolute atomic E-state index is 0.0603. The van der Waals surface area contributed by atoms with Gasteiger partial charge < -0.3 is 0 Å². The number of hydrogen-bond donors (Lipinski definition) is 1. The Morgan fingerprint density at radius 3 is 2.45 bits per heavy atom. The van der Waals surface area contributed by atoms with Gasteiger partial charge in [-0.15, -0.1) is 10.2 Å². The number of aryl methyl sites for hydroxylation is 1. The summed E-state index contributed by atoms with van der Waals surface area (Å²) in [5.74, 6) is -0.563. The van der Waals surface area contributed by atoms with Gasteiger partial charge in [-0.2, -0.15) is 18.3 Å². The highest BCUT2D eigenvalue weighted by Gasteiger charge is 2.39. The predicted molar refractivity (Wildman–Crippen MR) is 75.0 cm³/mol. The summed E-state index contributed by atoms with van der Waals surface area (Å²) >= 11 is 6.81. The fourth-order valence-electron chi connectivity index (χ4n) is 1.72. The van der Waals surface area contributed by atoms with E-state index in [1.807, 2.05) is 0 Å². The second-order valence-electron chi connectivity index (χ2n) is 4.48. The number of nitrogens with one attached hydrogen (secondary N) is 1. The number of amides is 1. The molecule has 0 spiro atoms. The normalized spacial score (nSPS) is 13.2. The quantitative estimate of drug-likeness (QED) is 0.919. The van der Waals surface area contributed by atoms with Crippen molar-refractivity contribution in [1.82, 2.24) is 20.0 Å². The molecule has 0 radical (unpaired) electrons. The topological polar surface area (TPSA) is 72.7 Å². The predicted octanol–water partition coefficient (Wildman–Crippen LogP) is 3.22. The molecule has 0 fully saturated rings. The van der Waals surface area contributed by atoms with Gasteiger partial charge in [0.1, 0.15) is 11.0 Å². The van der Waals surface area contributed by atoms with Crippen molar-refractivity contribution >= 4 is 34.0 Å². The maximum absolute atomic E-state index is 12.8. The van der Waals surface area contributed by atoms with Gasteiger partial charge in [-0.25, -0.2) is 0 Å². The van der Waals surface area contributed by atoms with E-state index in [2.05, 4.69) is 20.6 Å². The molecule has 0 aliphatic heterocycles. The first-order chi connectivity index (χ1) is 10.1. The van der Waals surface area contributed by atoms with Crippen molar-refractivity contribution in [2.75, 3.05) is 5.32 Å². The lowest BCUT2D eigenvalue weighted by Crippen LogP contribution is -2.25. The lowest BCUT2D eigenvalue weighted by Gasteiger charge is -2.13. The third-order valence-electron chi connectivity index (χ3n) is 2.85. The molecular weight excluding hydrogens is 343 g/mol. The molecule has 2 rings (SSSR count). The van der Waals surface area contributed by atoms with Gasteiger partial charge in [0.25, 0.3) is 5.91 Å². The van der Waals surface area contributed by atoms with Gasteiger partial charge in [-0.1, -0.05) is 22.9 Å². The lowest BCUT2D eigenvalue weighted by atomic mass is 10.3. The van der Waals surface area contributed by atoms with Crippen LogP contribution in [0.4, 0.5) is 18.3 Å². The molecule has 0 saturated carbocycles. The zero-order valence-corrected chi connectivity index (χ0v) is 13.3. The van der Waals surface area contributed by atoms with Crippen molar-refractivity contribution in [2.24, 2.45) is 0 Å². The van der Waals surface area contributed by atoms with Crippen LogP contribution in [0.25, 0.3) is 0 Å². The number of anilines is 1. The van der Waals surface area contributed by atoms with Crippen LogP contribution in [0.3, 0.4) is 0 Å². The Bertz CT molecular complexity index is 711. The molecule has 22 heavy (non-hydrogen) atoms. The van der Waals surface area contributed by atoms with Gasteiger partial charge in [-0.05, 0) is 20.8 Å². The highest BCUT2D eigenvalue weighted by Crippen LogP contribution is 2.36. The molecule has 1 atom stereocenters. The second-order valence-corrected chi connectivity index (χ2v) is 6.04. The summed E-state index contributed by atoms with van der Waals surface area (Å²) in [5, 5.41) is 13.7. The van der Waals surface area contributed by atoms with Crippen molar-refractivity contribution in [3.8, 4) is 0 Å². The summed E-state index contributed by atoms with van der Waals surface area (Å²) < 4.78 is 39.3. The zero-order chi connectivity index (χ0) is 16.7. The highest BCUT2D eigenvalue weighted by atomic mass is 35.5. The molecule has 2 heterocycles. The smallest absolute Gasteiger partial charge is 0.299 e. The van der Waals surface area contributed by atoms with E-state index < -0.39 is 28.8 Å². The number of carbonyl (C=O) groups is 1. The Labute approximate surface area is 132 Å². The molecule has 0 saturated heterocycles. The Morgan fingerprint density at radius 2 is 2.00 bits per heavy atom. The molecular formula is C11H11ClF3N5OS. The van der Waals surface area contributed by atoms with E-state index in [1.165, 1.54) is 13.8 Å². The van der Waals surface area contributed by atoms with Crippen LogP contribution < -0.4 is 5.32 Å². The maximum atomic E-state index is 12.8. The van der Waals surface area contributed by atoms with E-state index in [1.54, 1.807) is 6.92 Å². The molecule has 0 aliphatic carbocycles. The fourth-order valence-corrected chi connectivity index (χ4v) is 2.55. The average molecular weight is 354 g/mol. The third-order valence-corrected chi connectivity index (χ3v) is 4.05. The van der Waals surface area contributed by atoms with Crippen LogP contribution in [0.1, 0.15) is 29.4 Å². The third kappa shape index (κ3) is 3.22. The first-order valence-corrected chi connectivity index (χ1v) is 7.23. The van der Waals surface area contributed by atoms with E-state index in [4.69, 9.17) is 11.6 Å². The molecule has 1 N–H and O–H groups in total. The fraction of sp³-hybridized carbons (Fsp3) is 0.455. The van der Waals surface area contributed by atoms with Gasteiger partial charge in [0, 0.05) is 0 Å². The number of hydrogen-bond acceptors (Lipinski definition) is 5. The average Bonchev–Trinajstić information content (AvgIpc) is 2.93. The summed E-state index contributed by atoms with van der Waals surface area (Å²) in [6.45, 7) is 4.49. The van der Waals surface area contributed by atoms with Gasteiger partial charge in [0.15, 0.2) is 5.69 Å². The standard InChI is InChI=1S/C11H11ClF3N5OS/c1-4-7(12)8(11(13,14)15)19-20(4)5(2)9(21)16-10-18-17-6(3)22-10/h5H,1-3H3,(H,16,18,21). The molecule has 1 unspecified atom stereocenters. The minimum atomic E-state index is -4.68. The summed E-state index contributed by atoms with van der Waals surface area (Å²) in [6.07, 6.45) is -4.68. The first-order valence-electron chi connectivity index (χ1n) is 6.04. The van der Waals surface area contributed by atoms with Gasteiger partial charge in [0.2, 0.25) is 5.13 Å². The summed E-state index contributed by atoms with van der Waals surface area (Å²) in [7, 11) is 0. The number of rotatable bonds is 3. The van der Waals surface area contributed by atoms with Crippen LogP contribution in [-0.2, 0) is 11.0 Å². The Morgan fingerprint density at radius 1 is 1.36 bits per heavy atom. The summed E-state index contributed by atoms with van der Waals surface area (Å²) in [6, 6.07) is -0.988. The molecule has 1 amide bonds. The molecule has 11 heteroatoms. The maximum Gasteiger partial charge on any atom is 0.436 e. The van der Waals surface area contributed by atoms with Gasteiger partial charge in [-0.3, -0.25) is 14.8 Å². The molecule has 120 valence electrons. The Kier molecular flexibility index (Phi) is 4.43. The van der Waals surface area contributed by atoms with Crippen molar-refractivity contribution in [1.29, 1.82) is 0 Å². The monoisotopic (exact) mass is 353 g/mol. The molecule has 0 bridgehead atoms. The summed E-state index contributed by atoms with van der Waals surface area (Å²) in [4.78, 5) is 12.1. The second kappa shape index (κ2) is 5.84. The number of nitrogens with zero attached hydrogens (tertiary/aromatic N) is 4. The van der Waals surface area contributed by atoms with Crippen LogP contribution >= 0.6 is 22.9 Å². The molecule has 0 aromatic carbocycles. The first kappa shape index (κ1) is 16.7. The van der Waals surface area contributed by atoms with Crippen LogP contribution in [0.2, 0.25) is 5.02 Å². The molecule has 6 nitrogen and oxygen atoms in total. The van der Waals surface area contributed by atoms with Gasteiger partial charge >= 0.3 is 6.18 Å². The largest absolute Gasteiger partial charge is 0.436 e. The minimum Gasteiger partial charge on any atom is -0.299 e. The van der Waals surface area contributed by atoms with E-state index in [9.17, 15) is 18.0 Å². The van der Waals surface area contributed by atoms with Crippen LogP contribution in [0.15, 0.2) is 0 Å². The van der Waals surface area contributed by atoms with Gasteiger partial charge in [0.05, 0.1) is 10.7 Å². The van der Waals surface area contributed by atoms with Crippen LogP contribution in [0, 0.1) is 13.8 Å². The molecule has 2 aromatic rings. The number of alkyl halides is 3. The molecule has 2 aromatic heterocycles. The highest BCUT2D eigenvalue weighted by molar-refractivity contribution is 7.15. The molecule has 0 aliphatic rings. The Balaban J connectivity index is 2.25. The van der Waals surface area contributed by atoms with E-state index in [0.717, 1.165) is 16.0 Å². The number of halogens is 4. The number of aromatic nitrogens is 4. The van der Waals surface area contributed by atoms with E-state index in [-0.39, 0.29) is 10.8 Å².